The van der Waals surface area contributed by atoms with E-state index in [1.165, 1.54) is 0 Å². The third-order valence-corrected chi connectivity index (χ3v) is 2.98. The molecule has 0 aromatic heterocycles. The van der Waals surface area contributed by atoms with Crippen LogP contribution in [0.5, 0.6) is 5.75 Å². The van der Waals surface area contributed by atoms with Crippen molar-refractivity contribution in [2.24, 2.45) is 5.73 Å². The van der Waals surface area contributed by atoms with Crippen LogP contribution < -0.4 is 11.2 Å². The zero-order valence-electron chi connectivity index (χ0n) is 11.5. The number of hydroxylamine groups is 1. The van der Waals surface area contributed by atoms with Crippen LogP contribution in [-0.2, 0) is 22.7 Å². The first-order chi connectivity index (χ1) is 10.1. The van der Waals surface area contributed by atoms with Crippen LogP contribution in [0.25, 0.3) is 0 Å². The van der Waals surface area contributed by atoms with Gasteiger partial charge in [-0.1, -0.05) is 42.5 Å². The highest BCUT2D eigenvalue weighted by Gasteiger charge is 2.14. The Balaban J connectivity index is 1.76. The molecule has 5 nitrogen and oxygen atoms in total. The van der Waals surface area contributed by atoms with Gasteiger partial charge in [-0.2, -0.15) is 0 Å². The zero-order chi connectivity index (χ0) is 15.1. The molecule has 0 aliphatic rings. The topological polar surface area (TPSA) is 84.6 Å². The molecule has 0 unspecified atom stereocenters. The molecule has 0 aliphatic carbocycles. The summed E-state index contributed by atoms with van der Waals surface area (Å²) in [5, 5.41) is 9.19. The summed E-state index contributed by atoms with van der Waals surface area (Å²) in [4.78, 5) is 16.9. The van der Waals surface area contributed by atoms with E-state index in [9.17, 15) is 9.90 Å². The lowest BCUT2D eigenvalue weighted by Crippen LogP contribution is -2.41. The van der Waals surface area contributed by atoms with Crippen molar-refractivity contribution in [2.75, 3.05) is 0 Å². The van der Waals surface area contributed by atoms with E-state index >= 15 is 0 Å². The zero-order valence-corrected chi connectivity index (χ0v) is 11.5. The molecule has 0 radical (unpaired) electrons. The summed E-state index contributed by atoms with van der Waals surface area (Å²) in [6.45, 7) is 0.290. The molecule has 110 valence electrons. The number of aromatic hydroxyl groups is 1. The third-order valence-electron chi connectivity index (χ3n) is 2.98. The molecule has 0 fully saturated rings. The Morgan fingerprint density at radius 2 is 1.76 bits per heavy atom. The van der Waals surface area contributed by atoms with Crippen LogP contribution in [0.3, 0.4) is 0 Å². The fourth-order valence-electron chi connectivity index (χ4n) is 1.82. The average Bonchev–Trinajstić information content (AvgIpc) is 2.50. The van der Waals surface area contributed by atoms with Crippen LogP contribution in [0.15, 0.2) is 54.6 Å². The molecule has 0 saturated heterocycles. The molecular formula is C16H18N2O3. The lowest BCUT2D eigenvalue weighted by atomic mass is 10.1. The molecular weight excluding hydrogens is 268 g/mol. The number of nitrogens with one attached hydrogen (secondary N) is 1. The number of amides is 1. The van der Waals surface area contributed by atoms with E-state index < -0.39 is 6.04 Å². The first-order valence-corrected chi connectivity index (χ1v) is 6.64. The molecule has 5 heteroatoms. The van der Waals surface area contributed by atoms with Crippen molar-refractivity contribution in [1.82, 2.24) is 5.48 Å². The summed E-state index contributed by atoms with van der Waals surface area (Å²) < 4.78 is 0. The molecule has 4 N–H and O–H groups in total. The Kier molecular flexibility index (Phi) is 5.31. The molecule has 21 heavy (non-hydrogen) atoms. The van der Waals surface area contributed by atoms with Gasteiger partial charge in [0, 0.05) is 0 Å². The maximum Gasteiger partial charge on any atom is 0.260 e. The second kappa shape index (κ2) is 7.42. The fraction of sp³-hybridized carbons (Fsp3) is 0.188. The van der Waals surface area contributed by atoms with Gasteiger partial charge in [0.25, 0.3) is 5.91 Å². The van der Waals surface area contributed by atoms with E-state index in [1.807, 2.05) is 30.3 Å². The molecule has 0 spiro atoms. The van der Waals surface area contributed by atoms with Crippen molar-refractivity contribution in [3.63, 3.8) is 0 Å². The van der Waals surface area contributed by atoms with Crippen molar-refractivity contribution in [3.8, 4) is 5.75 Å². The molecule has 2 aromatic rings. The number of carbonyl (C=O) groups excluding carboxylic acids is 1. The summed E-state index contributed by atoms with van der Waals surface area (Å²) >= 11 is 0. The van der Waals surface area contributed by atoms with Gasteiger partial charge >= 0.3 is 0 Å². The Morgan fingerprint density at radius 3 is 2.43 bits per heavy atom. The van der Waals surface area contributed by atoms with Gasteiger partial charge in [-0.15, -0.1) is 0 Å². The summed E-state index contributed by atoms with van der Waals surface area (Å²) in [7, 11) is 0. The number of hydrogen-bond acceptors (Lipinski definition) is 4. The van der Waals surface area contributed by atoms with Gasteiger partial charge < -0.3 is 10.8 Å². The van der Waals surface area contributed by atoms with Crippen LogP contribution in [0.4, 0.5) is 0 Å². The van der Waals surface area contributed by atoms with Crippen molar-refractivity contribution in [2.45, 2.75) is 19.1 Å². The highest BCUT2D eigenvalue weighted by molar-refractivity contribution is 5.80. The monoisotopic (exact) mass is 286 g/mol. The summed E-state index contributed by atoms with van der Waals surface area (Å²) in [5.41, 5.74) is 10.00. The molecule has 0 heterocycles. The number of phenols is 1. The highest BCUT2D eigenvalue weighted by Crippen LogP contribution is 2.10. The van der Waals surface area contributed by atoms with Gasteiger partial charge in [-0.05, 0) is 29.7 Å². The van der Waals surface area contributed by atoms with E-state index in [-0.39, 0.29) is 11.7 Å². The second-order valence-corrected chi connectivity index (χ2v) is 4.72. The molecule has 2 aromatic carbocycles. The predicted molar refractivity (Wildman–Crippen MR) is 79.2 cm³/mol. The first-order valence-electron chi connectivity index (χ1n) is 6.64. The maximum atomic E-state index is 11.8. The van der Waals surface area contributed by atoms with Crippen LogP contribution in [0, 0.1) is 0 Å². The smallest absolute Gasteiger partial charge is 0.260 e. The van der Waals surface area contributed by atoms with E-state index in [4.69, 9.17) is 10.6 Å². The Hall–Kier alpha value is -2.37. The predicted octanol–water partition coefficient (Wildman–Crippen LogP) is 1.51. The minimum absolute atomic E-state index is 0.183. The maximum absolute atomic E-state index is 11.8. The quantitative estimate of drug-likeness (QED) is 0.703. The fourth-order valence-corrected chi connectivity index (χ4v) is 1.82. The van der Waals surface area contributed by atoms with E-state index in [1.54, 1.807) is 24.3 Å². The Morgan fingerprint density at radius 1 is 1.10 bits per heavy atom. The van der Waals surface area contributed by atoms with Crippen LogP contribution in [0.1, 0.15) is 11.1 Å². The van der Waals surface area contributed by atoms with Gasteiger partial charge in [-0.25, -0.2) is 5.48 Å². The van der Waals surface area contributed by atoms with Gasteiger partial charge in [0.1, 0.15) is 5.75 Å². The molecule has 2 rings (SSSR count). The minimum Gasteiger partial charge on any atom is -0.508 e. The summed E-state index contributed by atoms with van der Waals surface area (Å²) in [6, 6.07) is 15.4. The lowest BCUT2D eigenvalue weighted by molar-refractivity contribution is -0.135. The Labute approximate surface area is 123 Å². The first kappa shape index (κ1) is 15.0. The molecule has 0 aliphatic heterocycles. The number of nitrogens with two attached hydrogens (primary N) is 1. The number of benzene rings is 2. The third kappa shape index (κ3) is 4.91. The lowest BCUT2D eigenvalue weighted by Gasteiger charge is -2.12. The largest absolute Gasteiger partial charge is 0.508 e. The SMILES string of the molecule is N[C@H](Cc1ccc(O)cc1)C(=O)NOCc1ccccc1. The molecule has 0 bridgehead atoms. The molecule has 1 amide bonds. The van der Waals surface area contributed by atoms with Crippen molar-refractivity contribution in [3.05, 3.63) is 65.7 Å². The second-order valence-electron chi connectivity index (χ2n) is 4.72. The minimum atomic E-state index is -0.703. The standard InChI is InChI=1S/C16H18N2O3/c17-15(10-12-6-8-14(19)9-7-12)16(20)18-21-11-13-4-2-1-3-5-13/h1-9,15,19H,10-11,17H2,(H,18,20)/t15-/m1/s1. The number of carbonyl (C=O) groups is 1. The molecule has 1 atom stereocenters. The summed E-state index contributed by atoms with van der Waals surface area (Å²) in [6.07, 6.45) is 0.376. The van der Waals surface area contributed by atoms with E-state index in [0.717, 1.165) is 11.1 Å². The average molecular weight is 286 g/mol. The van der Waals surface area contributed by atoms with Gasteiger partial charge in [0.15, 0.2) is 0 Å². The van der Waals surface area contributed by atoms with Gasteiger partial charge in [-0.3, -0.25) is 9.63 Å². The van der Waals surface area contributed by atoms with Crippen LogP contribution in [-0.4, -0.2) is 17.1 Å². The molecule has 0 saturated carbocycles. The summed E-state index contributed by atoms with van der Waals surface area (Å²) in [5.74, 6) is -0.193. The van der Waals surface area contributed by atoms with Crippen molar-refractivity contribution >= 4 is 5.91 Å². The van der Waals surface area contributed by atoms with Crippen molar-refractivity contribution in [1.29, 1.82) is 0 Å². The van der Waals surface area contributed by atoms with Crippen LogP contribution >= 0.6 is 0 Å². The number of phenolic OH excluding ortho intramolecular Hbond substituents is 1. The Bertz CT molecular complexity index is 570. The van der Waals surface area contributed by atoms with Gasteiger partial charge in [0.2, 0.25) is 0 Å². The number of hydrogen-bond donors (Lipinski definition) is 3. The normalized spacial score (nSPS) is 11.9. The van der Waals surface area contributed by atoms with Crippen LogP contribution in [0.2, 0.25) is 0 Å². The highest BCUT2D eigenvalue weighted by atomic mass is 16.6. The van der Waals surface area contributed by atoms with E-state index in [2.05, 4.69) is 5.48 Å². The number of rotatable bonds is 6. The van der Waals surface area contributed by atoms with E-state index in [0.29, 0.717) is 13.0 Å². The van der Waals surface area contributed by atoms with Crippen molar-refractivity contribution < 1.29 is 14.7 Å². The van der Waals surface area contributed by atoms with Gasteiger partial charge in [0.05, 0.1) is 12.6 Å².